The van der Waals surface area contributed by atoms with Crippen LogP contribution in [0.5, 0.6) is 0 Å². The van der Waals surface area contributed by atoms with Crippen LogP contribution in [0.1, 0.15) is 30.0 Å². The number of benzene rings is 1. The lowest BCUT2D eigenvalue weighted by Crippen LogP contribution is -2.39. The molecule has 1 aromatic heterocycles. The van der Waals surface area contributed by atoms with E-state index >= 15 is 0 Å². The summed E-state index contributed by atoms with van der Waals surface area (Å²) < 4.78 is 28.8. The van der Waals surface area contributed by atoms with Gasteiger partial charge in [-0.05, 0) is 37.0 Å². The fraction of sp³-hybridized carbons (Fsp3) is 0.438. The van der Waals surface area contributed by atoms with E-state index < -0.39 is 10.0 Å². The van der Waals surface area contributed by atoms with Crippen molar-refractivity contribution in [3.05, 3.63) is 53.9 Å². The molecule has 1 fully saturated rings. The molecule has 0 radical (unpaired) electrons. The number of hydrogen-bond acceptors (Lipinski definition) is 3. The first-order valence-corrected chi connectivity index (χ1v) is 9.18. The van der Waals surface area contributed by atoms with E-state index in [1.54, 1.807) is 10.5 Å². The van der Waals surface area contributed by atoms with Crippen LogP contribution >= 0.6 is 0 Å². The van der Waals surface area contributed by atoms with Crippen LogP contribution in [0, 0.1) is 6.92 Å². The Bertz CT molecular complexity index is 718. The van der Waals surface area contributed by atoms with Gasteiger partial charge in [0.25, 0.3) is 0 Å². The molecule has 0 aliphatic carbocycles. The number of rotatable bonds is 4. The standard InChI is InChI=1S/C16H21N3O2S/c1-14-5-2-3-6-15(14)13-22(20,21)18-11-7-16(8-12-18)19-10-4-9-17-19/h2-6,9-10,16H,7-8,11-13H2,1H3. The van der Waals surface area contributed by atoms with E-state index in [9.17, 15) is 8.42 Å². The van der Waals surface area contributed by atoms with Crippen molar-refractivity contribution in [1.82, 2.24) is 14.1 Å². The Hall–Kier alpha value is -1.66. The van der Waals surface area contributed by atoms with Crippen molar-refractivity contribution in [2.45, 2.75) is 31.6 Å². The van der Waals surface area contributed by atoms with Crippen LogP contribution < -0.4 is 0 Å². The average Bonchev–Trinajstić information content (AvgIpc) is 3.04. The summed E-state index contributed by atoms with van der Waals surface area (Å²) in [6.07, 6.45) is 5.34. The first-order chi connectivity index (χ1) is 10.6. The van der Waals surface area contributed by atoms with Gasteiger partial charge in [-0.2, -0.15) is 5.10 Å². The van der Waals surface area contributed by atoms with Crippen LogP contribution in [-0.4, -0.2) is 35.6 Å². The Kier molecular flexibility index (Phi) is 4.31. The van der Waals surface area contributed by atoms with Gasteiger partial charge in [0, 0.05) is 25.5 Å². The summed E-state index contributed by atoms with van der Waals surface area (Å²) in [6.45, 7) is 3.09. The van der Waals surface area contributed by atoms with Gasteiger partial charge >= 0.3 is 0 Å². The van der Waals surface area contributed by atoms with E-state index in [4.69, 9.17) is 0 Å². The highest BCUT2D eigenvalue weighted by molar-refractivity contribution is 7.88. The third-order valence-electron chi connectivity index (χ3n) is 4.31. The van der Waals surface area contributed by atoms with Gasteiger partial charge in [-0.3, -0.25) is 4.68 Å². The lowest BCUT2D eigenvalue weighted by atomic mass is 10.1. The largest absolute Gasteiger partial charge is 0.270 e. The Morgan fingerprint density at radius 2 is 1.91 bits per heavy atom. The quantitative estimate of drug-likeness (QED) is 0.869. The smallest absolute Gasteiger partial charge is 0.218 e. The molecule has 0 spiro atoms. The molecule has 3 rings (SSSR count). The highest BCUT2D eigenvalue weighted by Gasteiger charge is 2.29. The fourth-order valence-corrected chi connectivity index (χ4v) is 4.61. The zero-order chi connectivity index (χ0) is 15.6. The van der Waals surface area contributed by atoms with E-state index in [1.807, 2.05) is 48.1 Å². The average molecular weight is 319 g/mol. The molecule has 1 aliphatic rings. The molecule has 2 aromatic rings. The van der Waals surface area contributed by atoms with Gasteiger partial charge in [-0.1, -0.05) is 24.3 Å². The first-order valence-electron chi connectivity index (χ1n) is 7.58. The maximum Gasteiger partial charge on any atom is 0.218 e. The van der Waals surface area contributed by atoms with Crippen molar-refractivity contribution in [2.75, 3.05) is 13.1 Å². The molecule has 0 amide bonds. The van der Waals surface area contributed by atoms with Crippen molar-refractivity contribution in [3.63, 3.8) is 0 Å². The summed E-state index contributed by atoms with van der Waals surface area (Å²) in [7, 11) is -3.25. The van der Waals surface area contributed by atoms with Gasteiger partial charge in [0.15, 0.2) is 0 Å². The fourth-order valence-electron chi connectivity index (χ4n) is 2.94. The van der Waals surface area contributed by atoms with Crippen molar-refractivity contribution < 1.29 is 8.42 Å². The van der Waals surface area contributed by atoms with Crippen molar-refractivity contribution >= 4 is 10.0 Å². The Morgan fingerprint density at radius 3 is 2.55 bits per heavy atom. The van der Waals surface area contributed by atoms with Crippen LogP contribution in [0.15, 0.2) is 42.7 Å². The molecule has 6 heteroatoms. The summed E-state index contributed by atoms with van der Waals surface area (Å²) in [5.74, 6) is 0.0894. The molecular formula is C16H21N3O2S. The minimum absolute atomic E-state index is 0.0894. The van der Waals surface area contributed by atoms with E-state index in [2.05, 4.69) is 5.10 Å². The molecule has 1 aromatic carbocycles. The van der Waals surface area contributed by atoms with Gasteiger partial charge in [0.1, 0.15) is 0 Å². The Balaban J connectivity index is 1.66. The van der Waals surface area contributed by atoms with Crippen LogP contribution in [0.25, 0.3) is 0 Å². The van der Waals surface area contributed by atoms with Crippen LogP contribution in [0.3, 0.4) is 0 Å². The zero-order valence-corrected chi connectivity index (χ0v) is 13.5. The molecule has 5 nitrogen and oxygen atoms in total. The van der Waals surface area contributed by atoms with E-state index in [-0.39, 0.29) is 5.75 Å². The predicted octanol–water partition coefficient (Wildman–Crippen LogP) is 2.36. The van der Waals surface area contributed by atoms with Gasteiger partial charge in [0.2, 0.25) is 10.0 Å². The van der Waals surface area contributed by atoms with Crippen LogP contribution in [0.2, 0.25) is 0 Å². The number of piperidine rings is 1. The molecule has 0 atom stereocenters. The van der Waals surface area contributed by atoms with E-state index in [1.165, 1.54) is 0 Å². The second-order valence-electron chi connectivity index (χ2n) is 5.80. The minimum Gasteiger partial charge on any atom is -0.270 e. The number of hydrogen-bond donors (Lipinski definition) is 0. The molecule has 1 aliphatic heterocycles. The molecule has 118 valence electrons. The maximum absolute atomic E-state index is 12.6. The SMILES string of the molecule is Cc1ccccc1CS(=O)(=O)N1CCC(n2cccn2)CC1. The Labute approximate surface area is 131 Å². The maximum atomic E-state index is 12.6. The zero-order valence-electron chi connectivity index (χ0n) is 12.7. The summed E-state index contributed by atoms with van der Waals surface area (Å²) >= 11 is 0. The van der Waals surface area contributed by atoms with Crippen LogP contribution in [0.4, 0.5) is 0 Å². The molecule has 22 heavy (non-hydrogen) atoms. The predicted molar refractivity (Wildman–Crippen MR) is 85.9 cm³/mol. The normalized spacial score (nSPS) is 17.7. The monoisotopic (exact) mass is 319 g/mol. The highest BCUT2D eigenvalue weighted by atomic mass is 32.2. The molecule has 0 saturated carbocycles. The number of sulfonamides is 1. The number of aromatic nitrogens is 2. The number of nitrogens with zero attached hydrogens (tertiary/aromatic N) is 3. The lowest BCUT2D eigenvalue weighted by Gasteiger charge is -2.31. The van der Waals surface area contributed by atoms with Crippen LogP contribution in [-0.2, 0) is 15.8 Å². The highest BCUT2D eigenvalue weighted by Crippen LogP contribution is 2.25. The second kappa shape index (κ2) is 6.22. The van der Waals surface area contributed by atoms with E-state index in [0.717, 1.165) is 24.0 Å². The minimum atomic E-state index is -3.25. The molecule has 0 N–H and O–H groups in total. The molecule has 1 saturated heterocycles. The second-order valence-corrected chi connectivity index (χ2v) is 7.77. The summed E-state index contributed by atoms with van der Waals surface area (Å²) in [5, 5.41) is 4.26. The third kappa shape index (κ3) is 3.23. The number of aryl methyl sites for hydroxylation is 1. The molecule has 2 heterocycles. The molecule has 0 bridgehead atoms. The summed E-state index contributed by atoms with van der Waals surface area (Å²) in [4.78, 5) is 0. The molecule has 0 unspecified atom stereocenters. The van der Waals surface area contributed by atoms with Gasteiger partial charge < -0.3 is 0 Å². The third-order valence-corrected chi connectivity index (χ3v) is 6.14. The van der Waals surface area contributed by atoms with Crippen molar-refractivity contribution in [2.24, 2.45) is 0 Å². The van der Waals surface area contributed by atoms with E-state index in [0.29, 0.717) is 19.1 Å². The first kappa shape index (κ1) is 15.2. The van der Waals surface area contributed by atoms with Gasteiger partial charge in [-0.15, -0.1) is 0 Å². The topological polar surface area (TPSA) is 55.2 Å². The van der Waals surface area contributed by atoms with Gasteiger partial charge in [0.05, 0.1) is 11.8 Å². The van der Waals surface area contributed by atoms with Crippen molar-refractivity contribution in [3.8, 4) is 0 Å². The lowest BCUT2D eigenvalue weighted by molar-refractivity contribution is 0.261. The summed E-state index contributed by atoms with van der Waals surface area (Å²) in [5.41, 5.74) is 1.91. The van der Waals surface area contributed by atoms with Crippen molar-refractivity contribution in [1.29, 1.82) is 0 Å². The summed E-state index contributed by atoms with van der Waals surface area (Å²) in [6, 6.07) is 9.88. The Morgan fingerprint density at radius 1 is 1.18 bits per heavy atom. The molecular weight excluding hydrogens is 298 g/mol. The van der Waals surface area contributed by atoms with Gasteiger partial charge in [-0.25, -0.2) is 12.7 Å².